The zero-order valence-electron chi connectivity index (χ0n) is 10.5. The van der Waals surface area contributed by atoms with Crippen LogP contribution in [0, 0.1) is 0 Å². The molecule has 0 saturated carbocycles. The molecule has 5 heteroatoms. The second-order valence-corrected chi connectivity index (χ2v) is 5.19. The molecule has 19 heavy (non-hydrogen) atoms. The molecule has 1 aromatic rings. The zero-order chi connectivity index (χ0) is 13.8. The van der Waals surface area contributed by atoms with Gasteiger partial charge >= 0.3 is 5.97 Å². The van der Waals surface area contributed by atoms with Crippen molar-refractivity contribution in [3.8, 4) is 0 Å². The number of carbonyl (C=O) groups excluding carboxylic acids is 1. The number of nitrogens with zero attached hydrogens (tertiary/aromatic N) is 1. The van der Waals surface area contributed by atoms with Gasteiger partial charge in [0.1, 0.15) is 6.04 Å². The summed E-state index contributed by atoms with van der Waals surface area (Å²) in [5, 5.41) is 9.74. The number of aliphatic carboxylic acids is 1. The summed E-state index contributed by atoms with van der Waals surface area (Å²) in [6.07, 6.45) is 2.46. The van der Waals surface area contributed by atoms with E-state index in [-0.39, 0.29) is 12.3 Å². The van der Waals surface area contributed by atoms with Gasteiger partial charge in [0.15, 0.2) is 5.78 Å². The van der Waals surface area contributed by atoms with Crippen molar-refractivity contribution in [2.24, 2.45) is 0 Å². The highest BCUT2D eigenvalue weighted by Gasteiger charge is 2.29. The predicted molar refractivity (Wildman–Crippen MR) is 72.6 cm³/mol. The third-order valence-electron chi connectivity index (χ3n) is 3.41. The monoisotopic (exact) mass is 281 g/mol. The smallest absolute Gasteiger partial charge is 0.320 e. The minimum atomic E-state index is -0.844. The van der Waals surface area contributed by atoms with Crippen LogP contribution in [0.3, 0.4) is 0 Å². The van der Waals surface area contributed by atoms with Gasteiger partial charge in [0, 0.05) is 10.6 Å². The van der Waals surface area contributed by atoms with Crippen molar-refractivity contribution in [3.63, 3.8) is 0 Å². The van der Waals surface area contributed by atoms with E-state index in [1.165, 1.54) is 0 Å². The Morgan fingerprint density at radius 2 is 1.95 bits per heavy atom. The Morgan fingerprint density at radius 3 is 2.58 bits per heavy atom. The molecule has 4 nitrogen and oxygen atoms in total. The van der Waals surface area contributed by atoms with E-state index in [9.17, 15) is 9.59 Å². The summed E-state index contributed by atoms with van der Waals surface area (Å²) in [4.78, 5) is 25.0. The van der Waals surface area contributed by atoms with E-state index in [0.29, 0.717) is 23.6 Å². The van der Waals surface area contributed by atoms with E-state index in [0.717, 1.165) is 12.8 Å². The molecule has 1 atom stereocenters. The SMILES string of the molecule is O=C(CN1CCCCC1C(=O)O)c1ccc(Cl)cc1. The molecular weight excluding hydrogens is 266 g/mol. The lowest BCUT2D eigenvalue weighted by atomic mass is 10.0. The number of carbonyl (C=O) groups is 2. The van der Waals surface area contributed by atoms with Crippen LogP contribution in [0.5, 0.6) is 0 Å². The van der Waals surface area contributed by atoms with Gasteiger partial charge in [-0.3, -0.25) is 14.5 Å². The van der Waals surface area contributed by atoms with E-state index < -0.39 is 12.0 Å². The van der Waals surface area contributed by atoms with E-state index in [1.807, 2.05) is 0 Å². The van der Waals surface area contributed by atoms with Crippen LogP contribution in [-0.4, -0.2) is 40.9 Å². The minimum Gasteiger partial charge on any atom is -0.480 e. The molecule has 1 aliphatic rings. The molecular formula is C14H16ClNO3. The Morgan fingerprint density at radius 1 is 1.26 bits per heavy atom. The molecule has 0 aromatic heterocycles. The molecule has 2 rings (SSSR count). The maximum absolute atomic E-state index is 12.1. The molecule has 0 amide bonds. The number of Topliss-reactive ketones (excluding diaryl/α,β-unsaturated/α-hetero) is 1. The van der Waals surface area contributed by atoms with Crippen molar-refractivity contribution in [1.82, 2.24) is 4.90 Å². The zero-order valence-corrected chi connectivity index (χ0v) is 11.3. The number of ketones is 1. The number of likely N-dealkylation sites (tertiary alicyclic amines) is 1. The molecule has 1 saturated heterocycles. The lowest BCUT2D eigenvalue weighted by Gasteiger charge is -2.32. The summed E-state index contributed by atoms with van der Waals surface area (Å²) >= 11 is 5.77. The maximum Gasteiger partial charge on any atom is 0.320 e. The van der Waals surface area contributed by atoms with Gasteiger partial charge in [0.05, 0.1) is 6.54 Å². The van der Waals surface area contributed by atoms with Crippen LogP contribution in [0.25, 0.3) is 0 Å². The lowest BCUT2D eigenvalue weighted by Crippen LogP contribution is -2.46. The third kappa shape index (κ3) is 3.55. The van der Waals surface area contributed by atoms with Crippen LogP contribution >= 0.6 is 11.6 Å². The number of carboxylic acid groups (broad SMARTS) is 1. The molecule has 1 heterocycles. The average molecular weight is 282 g/mol. The number of benzene rings is 1. The van der Waals surface area contributed by atoms with Crippen LogP contribution in [0.1, 0.15) is 29.6 Å². The fourth-order valence-electron chi connectivity index (χ4n) is 2.37. The third-order valence-corrected chi connectivity index (χ3v) is 3.66. The van der Waals surface area contributed by atoms with Crippen LogP contribution in [0.4, 0.5) is 0 Å². The summed E-state index contributed by atoms with van der Waals surface area (Å²) in [6.45, 7) is 0.814. The highest BCUT2D eigenvalue weighted by atomic mass is 35.5. The van der Waals surface area contributed by atoms with Gasteiger partial charge in [0.2, 0.25) is 0 Å². The quantitative estimate of drug-likeness (QED) is 0.862. The lowest BCUT2D eigenvalue weighted by molar-refractivity contribution is -0.144. The van der Waals surface area contributed by atoms with Crippen molar-refractivity contribution in [2.45, 2.75) is 25.3 Å². The van der Waals surface area contributed by atoms with Crippen molar-refractivity contribution in [3.05, 3.63) is 34.9 Å². The first-order valence-corrected chi connectivity index (χ1v) is 6.71. The number of carboxylic acids is 1. The number of rotatable bonds is 4. The molecule has 0 aliphatic carbocycles. The van der Waals surface area contributed by atoms with Crippen molar-refractivity contribution in [1.29, 1.82) is 0 Å². The Kier molecular flexibility index (Phi) is 4.56. The minimum absolute atomic E-state index is 0.0650. The second-order valence-electron chi connectivity index (χ2n) is 4.75. The fraction of sp³-hybridized carbons (Fsp3) is 0.429. The van der Waals surface area contributed by atoms with Gasteiger partial charge in [-0.15, -0.1) is 0 Å². The Bertz CT molecular complexity index is 472. The highest BCUT2D eigenvalue weighted by molar-refractivity contribution is 6.30. The van der Waals surface area contributed by atoms with E-state index >= 15 is 0 Å². The van der Waals surface area contributed by atoms with Crippen LogP contribution in [0.15, 0.2) is 24.3 Å². The topological polar surface area (TPSA) is 57.6 Å². The normalized spacial score (nSPS) is 20.2. The van der Waals surface area contributed by atoms with Gasteiger partial charge in [-0.25, -0.2) is 0 Å². The van der Waals surface area contributed by atoms with Crippen molar-refractivity contribution < 1.29 is 14.7 Å². The number of hydrogen-bond acceptors (Lipinski definition) is 3. The molecule has 0 bridgehead atoms. The van der Waals surface area contributed by atoms with Gasteiger partial charge in [-0.2, -0.15) is 0 Å². The number of hydrogen-bond donors (Lipinski definition) is 1. The average Bonchev–Trinajstić information content (AvgIpc) is 2.39. The van der Waals surface area contributed by atoms with Crippen molar-refractivity contribution >= 4 is 23.4 Å². The van der Waals surface area contributed by atoms with Crippen LogP contribution < -0.4 is 0 Å². The van der Waals surface area contributed by atoms with Crippen molar-refractivity contribution in [2.75, 3.05) is 13.1 Å². The first kappa shape index (κ1) is 14.0. The maximum atomic E-state index is 12.1. The Labute approximate surface area is 117 Å². The molecule has 1 N–H and O–H groups in total. The Hall–Kier alpha value is -1.39. The summed E-state index contributed by atoms with van der Waals surface area (Å²) in [5.74, 6) is -0.909. The van der Waals surface area contributed by atoms with Gasteiger partial charge in [0.25, 0.3) is 0 Å². The van der Waals surface area contributed by atoms with Gasteiger partial charge in [-0.1, -0.05) is 18.0 Å². The Balaban J connectivity index is 2.04. The predicted octanol–water partition coefficient (Wildman–Crippen LogP) is 2.46. The first-order chi connectivity index (χ1) is 9.08. The molecule has 1 fully saturated rings. The molecule has 1 aliphatic heterocycles. The number of halogens is 1. The second kappa shape index (κ2) is 6.17. The highest BCUT2D eigenvalue weighted by Crippen LogP contribution is 2.18. The molecule has 0 radical (unpaired) electrons. The van der Waals surface area contributed by atoms with Crippen LogP contribution in [-0.2, 0) is 4.79 Å². The summed E-state index contributed by atoms with van der Waals surface area (Å²) in [6, 6.07) is 6.14. The molecule has 1 aromatic carbocycles. The molecule has 0 spiro atoms. The van der Waals surface area contributed by atoms with Gasteiger partial charge in [-0.05, 0) is 43.7 Å². The summed E-state index contributed by atoms with van der Waals surface area (Å²) in [5.41, 5.74) is 0.569. The molecule has 1 unspecified atom stereocenters. The van der Waals surface area contributed by atoms with Gasteiger partial charge < -0.3 is 5.11 Å². The fourth-order valence-corrected chi connectivity index (χ4v) is 2.50. The molecule has 102 valence electrons. The van der Waals surface area contributed by atoms with E-state index in [4.69, 9.17) is 16.7 Å². The summed E-state index contributed by atoms with van der Waals surface area (Å²) < 4.78 is 0. The standard InChI is InChI=1S/C14H16ClNO3/c15-11-6-4-10(5-7-11)13(17)9-16-8-2-1-3-12(16)14(18)19/h4-7,12H,1-3,8-9H2,(H,18,19). The summed E-state index contributed by atoms with van der Waals surface area (Å²) in [7, 11) is 0. The number of piperidine rings is 1. The van der Waals surface area contributed by atoms with E-state index in [2.05, 4.69) is 0 Å². The first-order valence-electron chi connectivity index (χ1n) is 6.33. The van der Waals surface area contributed by atoms with Crippen LogP contribution in [0.2, 0.25) is 5.02 Å². The largest absolute Gasteiger partial charge is 0.480 e. The van der Waals surface area contributed by atoms with E-state index in [1.54, 1.807) is 29.2 Å².